The molecule has 0 atom stereocenters. The fourth-order valence-electron chi connectivity index (χ4n) is 3.91. The number of Topliss-reactive ketones (excluding diaryl/α,β-unsaturated/α-hetero) is 1. The van der Waals surface area contributed by atoms with Crippen LogP contribution in [0.25, 0.3) is 10.9 Å². The topological polar surface area (TPSA) is 65.2 Å². The number of rotatable bonds is 6. The SMILES string of the molecule is Cc1[nH]c2ccccc2c1C(=O)C(=O)NCc1ccc(CN2CCCC2)cc1. The molecule has 5 heteroatoms. The van der Waals surface area contributed by atoms with E-state index in [1.54, 1.807) is 0 Å². The third kappa shape index (κ3) is 3.85. The van der Waals surface area contributed by atoms with E-state index in [-0.39, 0.29) is 0 Å². The van der Waals surface area contributed by atoms with Crippen molar-refractivity contribution >= 4 is 22.6 Å². The van der Waals surface area contributed by atoms with Crippen LogP contribution < -0.4 is 5.32 Å². The lowest BCUT2D eigenvalue weighted by Gasteiger charge is -2.14. The molecule has 3 aromatic rings. The van der Waals surface area contributed by atoms with Crippen LogP contribution in [0.15, 0.2) is 48.5 Å². The maximum atomic E-state index is 12.7. The molecular weight excluding hydrogens is 350 g/mol. The van der Waals surface area contributed by atoms with Gasteiger partial charge in [0.1, 0.15) is 0 Å². The monoisotopic (exact) mass is 375 g/mol. The molecule has 2 heterocycles. The van der Waals surface area contributed by atoms with E-state index in [4.69, 9.17) is 0 Å². The van der Waals surface area contributed by atoms with Crippen LogP contribution in [-0.2, 0) is 17.9 Å². The van der Waals surface area contributed by atoms with Crippen LogP contribution in [0, 0.1) is 6.92 Å². The number of carbonyl (C=O) groups is 2. The highest BCUT2D eigenvalue weighted by atomic mass is 16.2. The Morgan fingerprint density at radius 3 is 2.43 bits per heavy atom. The summed E-state index contributed by atoms with van der Waals surface area (Å²) in [4.78, 5) is 30.7. The molecule has 2 N–H and O–H groups in total. The third-order valence-electron chi connectivity index (χ3n) is 5.41. The van der Waals surface area contributed by atoms with Gasteiger partial charge >= 0.3 is 0 Å². The summed E-state index contributed by atoms with van der Waals surface area (Å²) < 4.78 is 0. The molecule has 0 spiro atoms. The quantitative estimate of drug-likeness (QED) is 0.511. The second-order valence-corrected chi connectivity index (χ2v) is 7.48. The minimum absolute atomic E-state index is 0.343. The van der Waals surface area contributed by atoms with Crippen LogP contribution in [0.3, 0.4) is 0 Å². The summed E-state index contributed by atoms with van der Waals surface area (Å²) in [5.74, 6) is -1.07. The number of aromatic nitrogens is 1. The number of benzene rings is 2. The average molecular weight is 375 g/mol. The fraction of sp³-hybridized carbons (Fsp3) is 0.304. The van der Waals surface area contributed by atoms with Gasteiger partial charge in [-0.1, -0.05) is 42.5 Å². The van der Waals surface area contributed by atoms with Crippen molar-refractivity contribution in [3.05, 3.63) is 70.9 Å². The van der Waals surface area contributed by atoms with E-state index < -0.39 is 11.7 Å². The van der Waals surface area contributed by atoms with Crippen molar-refractivity contribution in [2.45, 2.75) is 32.9 Å². The highest BCUT2D eigenvalue weighted by Crippen LogP contribution is 2.22. The van der Waals surface area contributed by atoms with Crippen LogP contribution in [0.2, 0.25) is 0 Å². The molecule has 0 aliphatic carbocycles. The van der Waals surface area contributed by atoms with E-state index in [2.05, 4.69) is 27.3 Å². The molecule has 0 saturated carbocycles. The molecule has 1 saturated heterocycles. The Kier molecular flexibility index (Phi) is 5.26. The van der Waals surface area contributed by atoms with Gasteiger partial charge in [0.2, 0.25) is 0 Å². The van der Waals surface area contributed by atoms with Crippen LogP contribution in [0.4, 0.5) is 0 Å². The number of aryl methyl sites for hydroxylation is 1. The van der Waals surface area contributed by atoms with Gasteiger partial charge in [-0.05, 0) is 50.0 Å². The molecule has 0 bridgehead atoms. The van der Waals surface area contributed by atoms with Gasteiger partial charge in [0, 0.05) is 29.7 Å². The van der Waals surface area contributed by atoms with Gasteiger partial charge in [-0.3, -0.25) is 14.5 Å². The Bertz CT molecular complexity index is 998. The first-order valence-electron chi connectivity index (χ1n) is 9.82. The molecule has 28 heavy (non-hydrogen) atoms. The molecule has 0 unspecified atom stereocenters. The van der Waals surface area contributed by atoms with E-state index in [9.17, 15) is 9.59 Å². The Labute approximate surface area is 164 Å². The Hall–Kier alpha value is -2.92. The summed E-state index contributed by atoms with van der Waals surface area (Å²) in [6.45, 7) is 5.49. The van der Waals surface area contributed by atoms with Crippen LogP contribution in [0.1, 0.15) is 40.0 Å². The van der Waals surface area contributed by atoms with Crippen LogP contribution in [-0.4, -0.2) is 34.7 Å². The van der Waals surface area contributed by atoms with E-state index in [1.165, 1.54) is 31.5 Å². The standard InChI is InChI=1S/C23H25N3O2/c1-16-21(19-6-2-3-7-20(19)25-16)22(27)23(28)24-14-17-8-10-18(11-9-17)15-26-12-4-5-13-26/h2-3,6-11,25H,4-5,12-15H2,1H3,(H,24,28). The first-order valence-corrected chi connectivity index (χ1v) is 9.82. The largest absolute Gasteiger partial charge is 0.358 e. The summed E-state index contributed by atoms with van der Waals surface area (Å²) >= 11 is 0. The van der Waals surface area contributed by atoms with E-state index in [0.717, 1.165) is 23.0 Å². The smallest absolute Gasteiger partial charge is 0.292 e. The molecule has 1 amide bonds. The van der Waals surface area contributed by atoms with Gasteiger partial charge in [0.25, 0.3) is 11.7 Å². The molecular formula is C23H25N3O2. The average Bonchev–Trinajstić information content (AvgIpc) is 3.33. The number of carbonyl (C=O) groups excluding carboxylic acids is 2. The summed E-state index contributed by atoms with van der Waals surface area (Å²) in [6.07, 6.45) is 2.57. The third-order valence-corrected chi connectivity index (χ3v) is 5.41. The molecule has 1 aliphatic rings. The minimum atomic E-state index is -0.575. The number of aromatic amines is 1. The molecule has 5 nitrogen and oxygen atoms in total. The lowest BCUT2D eigenvalue weighted by Crippen LogP contribution is -2.30. The number of nitrogens with one attached hydrogen (secondary N) is 2. The summed E-state index contributed by atoms with van der Waals surface area (Å²) in [7, 11) is 0. The molecule has 1 fully saturated rings. The van der Waals surface area contributed by atoms with Gasteiger partial charge in [-0.15, -0.1) is 0 Å². The lowest BCUT2D eigenvalue weighted by molar-refractivity contribution is -0.117. The molecule has 1 aliphatic heterocycles. The predicted molar refractivity (Wildman–Crippen MR) is 110 cm³/mol. The normalized spacial score (nSPS) is 14.5. The van der Waals surface area contributed by atoms with Crippen molar-refractivity contribution in [2.75, 3.05) is 13.1 Å². The van der Waals surface area contributed by atoms with Crippen LogP contribution in [0.5, 0.6) is 0 Å². The molecule has 0 radical (unpaired) electrons. The molecule has 2 aromatic carbocycles. The fourth-order valence-corrected chi connectivity index (χ4v) is 3.91. The van der Waals surface area contributed by atoms with Crippen molar-refractivity contribution in [3.63, 3.8) is 0 Å². The predicted octanol–water partition coefficient (Wildman–Crippen LogP) is 3.57. The number of hydrogen-bond acceptors (Lipinski definition) is 3. The van der Waals surface area contributed by atoms with Gasteiger partial charge in [-0.2, -0.15) is 0 Å². The van der Waals surface area contributed by atoms with Gasteiger partial charge in [-0.25, -0.2) is 0 Å². The zero-order valence-corrected chi connectivity index (χ0v) is 16.1. The Balaban J connectivity index is 1.38. The second kappa shape index (κ2) is 7.98. The first-order chi connectivity index (χ1) is 13.6. The van der Waals surface area contributed by atoms with Gasteiger partial charge in [0.05, 0.1) is 5.56 Å². The number of H-pyrrole nitrogens is 1. The van der Waals surface area contributed by atoms with Crippen molar-refractivity contribution in [3.8, 4) is 0 Å². The van der Waals surface area contributed by atoms with Crippen molar-refractivity contribution < 1.29 is 9.59 Å². The minimum Gasteiger partial charge on any atom is -0.358 e. The molecule has 1 aromatic heterocycles. The lowest BCUT2D eigenvalue weighted by atomic mass is 10.1. The van der Waals surface area contributed by atoms with E-state index in [0.29, 0.717) is 17.8 Å². The Morgan fingerprint density at radius 1 is 1.00 bits per heavy atom. The zero-order chi connectivity index (χ0) is 19.5. The summed E-state index contributed by atoms with van der Waals surface area (Å²) in [5, 5.41) is 3.54. The maximum Gasteiger partial charge on any atom is 0.292 e. The summed E-state index contributed by atoms with van der Waals surface area (Å²) in [6, 6.07) is 15.8. The maximum absolute atomic E-state index is 12.7. The summed E-state index contributed by atoms with van der Waals surface area (Å²) in [5.41, 5.74) is 4.30. The highest BCUT2D eigenvalue weighted by Gasteiger charge is 2.22. The number of likely N-dealkylation sites (tertiary alicyclic amines) is 1. The highest BCUT2D eigenvalue weighted by molar-refractivity contribution is 6.45. The van der Waals surface area contributed by atoms with E-state index >= 15 is 0 Å². The van der Waals surface area contributed by atoms with Crippen molar-refractivity contribution in [1.29, 1.82) is 0 Å². The number of ketones is 1. The number of para-hydroxylation sites is 1. The number of fused-ring (bicyclic) bond motifs is 1. The Morgan fingerprint density at radius 2 is 1.68 bits per heavy atom. The molecule has 144 valence electrons. The molecule has 4 rings (SSSR count). The number of nitrogens with zero attached hydrogens (tertiary/aromatic N) is 1. The first kappa shape index (κ1) is 18.4. The zero-order valence-electron chi connectivity index (χ0n) is 16.1. The second-order valence-electron chi connectivity index (χ2n) is 7.48. The van der Waals surface area contributed by atoms with Crippen molar-refractivity contribution in [2.24, 2.45) is 0 Å². The van der Waals surface area contributed by atoms with Gasteiger partial charge in [0.15, 0.2) is 0 Å². The van der Waals surface area contributed by atoms with E-state index in [1.807, 2.05) is 43.3 Å². The number of amides is 1. The van der Waals surface area contributed by atoms with Crippen molar-refractivity contribution in [1.82, 2.24) is 15.2 Å². The number of hydrogen-bond donors (Lipinski definition) is 2. The van der Waals surface area contributed by atoms with Crippen LogP contribution >= 0.6 is 0 Å². The van der Waals surface area contributed by atoms with Gasteiger partial charge < -0.3 is 10.3 Å².